The molecule has 0 saturated heterocycles. The number of benzene rings is 3. The lowest BCUT2D eigenvalue weighted by Crippen LogP contribution is -2.07. The smallest absolute Gasteiger partial charge is 0.130 e. The average molecular weight is 516 g/mol. The molecule has 0 N–H and O–H groups in total. The molecule has 4 rings (SSSR count). The molecule has 0 aliphatic rings. The lowest BCUT2D eigenvalue weighted by molar-refractivity contribution is -0.116. The SMILES string of the molecule is CCc1nc2cc(Cl)ccc2n1Cc1ccccc1OCc1cc(Cl)c(CCC(C)=O)c(Cl)c1. The highest BCUT2D eigenvalue weighted by Gasteiger charge is 2.14. The van der Waals surface area contributed by atoms with E-state index >= 15 is 0 Å². The molecule has 0 saturated carbocycles. The van der Waals surface area contributed by atoms with E-state index in [4.69, 9.17) is 44.5 Å². The van der Waals surface area contributed by atoms with E-state index in [-0.39, 0.29) is 5.78 Å². The lowest BCUT2D eigenvalue weighted by Gasteiger charge is -2.15. The van der Waals surface area contributed by atoms with E-state index in [2.05, 4.69) is 17.6 Å². The lowest BCUT2D eigenvalue weighted by atomic mass is 10.1. The molecular formula is C27H25Cl3N2O2. The number of hydrogen-bond acceptors (Lipinski definition) is 3. The van der Waals surface area contributed by atoms with Gasteiger partial charge >= 0.3 is 0 Å². The van der Waals surface area contributed by atoms with E-state index in [0.29, 0.717) is 41.1 Å². The Kier molecular flexibility index (Phi) is 7.82. The maximum atomic E-state index is 11.3. The number of aryl methyl sites for hydroxylation is 1. The van der Waals surface area contributed by atoms with Gasteiger partial charge in [0.05, 0.1) is 17.6 Å². The molecule has 3 aromatic carbocycles. The molecule has 0 unspecified atom stereocenters. The van der Waals surface area contributed by atoms with Gasteiger partial charge in [0.15, 0.2) is 0 Å². The van der Waals surface area contributed by atoms with E-state index in [1.54, 1.807) is 6.92 Å². The second-order valence-electron chi connectivity index (χ2n) is 8.24. The largest absolute Gasteiger partial charge is 0.489 e. The Hall–Kier alpha value is -2.53. The van der Waals surface area contributed by atoms with Crippen LogP contribution in [0, 0.1) is 0 Å². The zero-order chi connectivity index (χ0) is 24.2. The summed E-state index contributed by atoms with van der Waals surface area (Å²) in [6, 6.07) is 17.5. The van der Waals surface area contributed by atoms with Gasteiger partial charge in [-0.3, -0.25) is 0 Å². The van der Waals surface area contributed by atoms with Crippen LogP contribution in [0.15, 0.2) is 54.6 Å². The predicted molar refractivity (Wildman–Crippen MR) is 139 cm³/mol. The van der Waals surface area contributed by atoms with Crippen molar-refractivity contribution in [3.8, 4) is 5.75 Å². The summed E-state index contributed by atoms with van der Waals surface area (Å²) in [5.41, 5.74) is 4.63. The number of aromatic nitrogens is 2. The Bertz CT molecular complexity index is 1320. The molecule has 1 aromatic heterocycles. The summed E-state index contributed by atoms with van der Waals surface area (Å²) in [5, 5.41) is 1.78. The zero-order valence-corrected chi connectivity index (χ0v) is 21.3. The first-order valence-corrected chi connectivity index (χ1v) is 12.3. The van der Waals surface area contributed by atoms with Crippen molar-refractivity contribution in [1.82, 2.24) is 9.55 Å². The van der Waals surface area contributed by atoms with Crippen molar-refractivity contribution in [3.63, 3.8) is 0 Å². The Morgan fingerprint density at radius 1 is 1.03 bits per heavy atom. The fraction of sp³-hybridized carbons (Fsp3) is 0.259. The minimum atomic E-state index is 0.108. The number of fused-ring (bicyclic) bond motifs is 1. The summed E-state index contributed by atoms with van der Waals surface area (Å²) in [7, 11) is 0. The van der Waals surface area contributed by atoms with Crippen molar-refractivity contribution in [3.05, 3.63) is 92.2 Å². The third kappa shape index (κ3) is 5.57. The summed E-state index contributed by atoms with van der Waals surface area (Å²) < 4.78 is 8.40. The summed E-state index contributed by atoms with van der Waals surface area (Å²) >= 11 is 19.1. The standard InChI is InChI=1S/C27H25Cl3N2O2/c1-3-27-31-24-14-20(28)9-11-25(24)32(27)15-19-6-4-5-7-26(19)34-16-18-12-22(29)21(23(30)13-18)10-8-17(2)33/h4-7,9,11-14H,3,8,10,15-16H2,1-2H3. The summed E-state index contributed by atoms with van der Waals surface area (Å²) in [6.07, 6.45) is 1.75. The van der Waals surface area contributed by atoms with Crippen molar-refractivity contribution >= 4 is 51.6 Å². The Morgan fingerprint density at radius 2 is 1.76 bits per heavy atom. The number of ketones is 1. The highest BCUT2D eigenvalue weighted by Crippen LogP contribution is 2.30. The van der Waals surface area contributed by atoms with Crippen LogP contribution in [0.1, 0.15) is 42.8 Å². The fourth-order valence-corrected chi connectivity index (χ4v) is 4.87. The van der Waals surface area contributed by atoms with Crippen LogP contribution in [0.5, 0.6) is 5.75 Å². The highest BCUT2D eigenvalue weighted by molar-refractivity contribution is 6.36. The van der Waals surface area contributed by atoms with Crippen LogP contribution in [0.4, 0.5) is 0 Å². The van der Waals surface area contributed by atoms with Gasteiger partial charge in [0, 0.05) is 33.5 Å². The van der Waals surface area contributed by atoms with Crippen molar-refractivity contribution in [2.45, 2.75) is 46.3 Å². The van der Waals surface area contributed by atoms with Gasteiger partial charge in [-0.05, 0) is 60.9 Å². The zero-order valence-electron chi connectivity index (χ0n) is 19.1. The summed E-state index contributed by atoms with van der Waals surface area (Å²) in [4.78, 5) is 16.1. The van der Waals surface area contributed by atoms with Gasteiger partial charge < -0.3 is 14.1 Å². The van der Waals surface area contributed by atoms with Gasteiger partial charge in [0.25, 0.3) is 0 Å². The number of imidazole rings is 1. The maximum absolute atomic E-state index is 11.3. The minimum absolute atomic E-state index is 0.108. The molecule has 4 aromatic rings. The Balaban J connectivity index is 1.55. The van der Waals surface area contributed by atoms with Crippen molar-refractivity contribution in [1.29, 1.82) is 0 Å². The molecule has 1 heterocycles. The molecule has 0 bridgehead atoms. The molecule has 0 spiro atoms. The number of hydrogen-bond donors (Lipinski definition) is 0. The van der Waals surface area contributed by atoms with Gasteiger partial charge in [-0.25, -0.2) is 4.98 Å². The number of para-hydroxylation sites is 1. The van der Waals surface area contributed by atoms with Gasteiger partial charge in [-0.2, -0.15) is 0 Å². The van der Waals surface area contributed by atoms with Crippen LogP contribution in [-0.4, -0.2) is 15.3 Å². The molecule has 0 fully saturated rings. The van der Waals surface area contributed by atoms with Gasteiger partial charge in [0.2, 0.25) is 0 Å². The predicted octanol–water partition coefficient (Wildman–Crippen LogP) is 7.71. The minimum Gasteiger partial charge on any atom is -0.489 e. The number of ether oxygens (including phenoxy) is 1. The van der Waals surface area contributed by atoms with E-state index < -0.39 is 0 Å². The van der Waals surface area contributed by atoms with Crippen LogP contribution in [0.25, 0.3) is 11.0 Å². The molecule has 176 valence electrons. The van der Waals surface area contributed by atoms with Gasteiger partial charge in [-0.15, -0.1) is 0 Å². The Morgan fingerprint density at radius 3 is 2.47 bits per heavy atom. The Labute approximate surface area is 214 Å². The number of carbonyl (C=O) groups is 1. The number of Topliss-reactive ketones (excluding diaryl/α,β-unsaturated/α-hetero) is 1. The van der Waals surface area contributed by atoms with Crippen LogP contribution in [0.3, 0.4) is 0 Å². The number of carbonyl (C=O) groups excluding carboxylic acids is 1. The van der Waals surface area contributed by atoms with Crippen molar-refractivity contribution in [2.75, 3.05) is 0 Å². The molecule has 0 radical (unpaired) electrons. The van der Waals surface area contributed by atoms with Crippen LogP contribution in [-0.2, 0) is 30.8 Å². The maximum Gasteiger partial charge on any atom is 0.130 e. The summed E-state index contributed by atoms with van der Waals surface area (Å²) in [5.74, 6) is 1.89. The van der Waals surface area contributed by atoms with E-state index in [1.165, 1.54) is 0 Å². The molecule has 34 heavy (non-hydrogen) atoms. The van der Waals surface area contributed by atoms with Crippen LogP contribution < -0.4 is 4.74 Å². The molecule has 4 nitrogen and oxygen atoms in total. The fourth-order valence-electron chi connectivity index (χ4n) is 3.98. The number of nitrogens with zero attached hydrogens (tertiary/aromatic N) is 2. The molecule has 0 aliphatic carbocycles. The topological polar surface area (TPSA) is 44.1 Å². The molecule has 0 aliphatic heterocycles. The van der Waals surface area contributed by atoms with Crippen molar-refractivity contribution in [2.24, 2.45) is 0 Å². The van der Waals surface area contributed by atoms with Crippen LogP contribution in [0.2, 0.25) is 15.1 Å². The van der Waals surface area contributed by atoms with E-state index in [0.717, 1.165) is 45.7 Å². The first-order valence-electron chi connectivity index (χ1n) is 11.2. The quantitative estimate of drug-likeness (QED) is 0.229. The second-order valence-corrected chi connectivity index (χ2v) is 9.49. The molecule has 0 atom stereocenters. The molecule has 7 heteroatoms. The molecular weight excluding hydrogens is 491 g/mol. The second kappa shape index (κ2) is 10.8. The van der Waals surface area contributed by atoms with E-state index in [1.807, 2.05) is 48.5 Å². The average Bonchev–Trinajstić information content (AvgIpc) is 3.14. The normalized spacial score (nSPS) is 11.2. The van der Waals surface area contributed by atoms with E-state index in [9.17, 15) is 4.79 Å². The number of halogens is 3. The molecule has 0 amide bonds. The monoisotopic (exact) mass is 514 g/mol. The third-order valence-corrected chi connectivity index (χ3v) is 6.64. The number of rotatable bonds is 9. The highest BCUT2D eigenvalue weighted by atomic mass is 35.5. The third-order valence-electron chi connectivity index (χ3n) is 5.73. The summed E-state index contributed by atoms with van der Waals surface area (Å²) in [6.45, 7) is 4.61. The first kappa shape index (κ1) is 24.6. The van der Waals surface area contributed by atoms with Crippen LogP contribution >= 0.6 is 34.8 Å². The first-order chi connectivity index (χ1) is 16.4. The van der Waals surface area contributed by atoms with Gasteiger partial charge in [-0.1, -0.05) is 59.9 Å². The van der Waals surface area contributed by atoms with Gasteiger partial charge in [0.1, 0.15) is 24.0 Å². The van der Waals surface area contributed by atoms with Crippen molar-refractivity contribution < 1.29 is 9.53 Å².